The minimum atomic E-state index is -0.579. The van der Waals surface area contributed by atoms with Gasteiger partial charge in [-0.1, -0.05) is 6.42 Å². The van der Waals surface area contributed by atoms with E-state index < -0.39 is 6.10 Å². The van der Waals surface area contributed by atoms with Crippen molar-refractivity contribution in [1.29, 1.82) is 0 Å². The lowest BCUT2D eigenvalue weighted by molar-refractivity contribution is 0.164. The highest BCUT2D eigenvalue weighted by atomic mass is 16.5. The smallest absolute Gasteiger partial charge is 0.124 e. The molecule has 0 saturated heterocycles. The number of hydrogen-bond donors (Lipinski definition) is 2. The maximum absolute atomic E-state index is 10.3. The molecule has 0 amide bonds. The van der Waals surface area contributed by atoms with Gasteiger partial charge in [0.05, 0.1) is 20.3 Å². The molecule has 1 unspecified atom stereocenters. The summed E-state index contributed by atoms with van der Waals surface area (Å²) in [4.78, 5) is 0. The lowest BCUT2D eigenvalue weighted by atomic mass is 9.85. The molecule has 0 radical (unpaired) electrons. The number of hydrogen-bond acceptors (Lipinski definition) is 4. The second kappa shape index (κ2) is 6.78. The van der Waals surface area contributed by atoms with Crippen molar-refractivity contribution in [3.63, 3.8) is 0 Å². The third kappa shape index (κ3) is 3.61. The third-order valence-corrected chi connectivity index (χ3v) is 3.79. The summed E-state index contributed by atoms with van der Waals surface area (Å²) in [6.07, 6.45) is 3.39. The largest absolute Gasteiger partial charge is 0.497 e. The van der Waals surface area contributed by atoms with E-state index in [0.717, 1.165) is 23.8 Å². The zero-order valence-corrected chi connectivity index (χ0v) is 11.7. The van der Waals surface area contributed by atoms with Gasteiger partial charge in [-0.2, -0.15) is 0 Å². The average Bonchev–Trinajstić information content (AvgIpc) is 2.40. The van der Waals surface area contributed by atoms with E-state index in [2.05, 4.69) is 5.32 Å². The van der Waals surface area contributed by atoms with Gasteiger partial charge in [-0.05, 0) is 43.5 Å². The minimum absolute atomic E-state index is 0.542. The highest BCUT2D eigenvalue weighted by Gasteiger charge is 2.18. The predicted molar refractivity (Wildman–Crippen MR) is 74.7 cm³/mol. The van der Waals surface area contributed by atoms with Crippen LogP contribution in [-0.2, 0) is 0 Å². The summed E-state index contributed by atoms with van der Waals surface area (Å²) in [6, 6.07) is 5.48. The highest BCUT2D eigenvalue weighted by Crippen LogP contribution is 2.29. The standard InChI is InChI=1S/C15H23NO3/c1-18-12-6-7-15(19-2)13(8-12)14(17)10-16-9-11-4-3-5-11/h6-8,11,14,16-17H,3-5,9-10H2,1-2H3. The van der Waals surface area contributed by atoms with Crippen LogP contribution in [0.15, 0.2) is 18.2 Å². The van der Waals surface area contributed by atoms with Crippen LogP contribution >= 0.6 is 0 Å². The molecule has 19 heavy (non-hydrogen) atoms. The van der Waals surface area contributed by atoms with Crippen LogP contribution in [0.4, 0.5) is 0 Å². The molecule has 0 heterocycles. The molecule has 2 rings (SSSR count). The summed E-state index contributed by atoms with van der Waals surface area (Å²) in [7, 11) is 3.23. The van der Waals surface area contributed by atoms with Crippen LogP contribution in [0.3, 0.4) is 0 Å². The molecule has 0 aliphatic heterocycles. The van der Waals surface area contributed by atoms with E-state index in [4.69, 9.17) is 9.47 Å². The fourth-order valence-electron chi connectivity index (χ4n) is 2.33. The van der Waals surface area contributed by atoms with Crippen LogP contribution in [0.1, 0.15) is 30.9 Å². The number of methoxy groups -OCH3 is 2. The van der Waals surface area contributed by atoms with Gasteiger partial charge in [-0.3, -0.25) is 0 Å². The van der Waals surface area contributed by atoms with Gasteiger partial charge in [0.1, 0.15) is 11.5 Å². The van der Waals surface area contributed by atoms with Crippen molar-refractivity contribution >= 4 is 0 Å². The Labute approximate surface area is 114 Å². The van der Waals surface area contributed by atoms with E-state index in [0.29, 0.717) is 12.3 Å². The number of rotatable bonds is 7. The second-order valence-corrected chi connectivity index (χ2v) is 5.08. The molecule has 2 N–H and O–H groups in total. The van der Waals surface area contributed by atoms with Gasteiger partial charge in [0, 0.05) is 12.1 Å². The SMILES string of the molecule is COc1ccc(OC)c(C(O)CNCC2CCC2)c1. The van der Waals surface area contributed by atoms with Gasteiger partial charge in [-0.15, -0.1) is 0 Å². The predicted octanol–water partition coefficient (Wildman–Crippen LogP) is 2.13. The van der Waals surface area contributed by atoms with Crippen molar-refractivity contribution in [2.45, 2.75) is 25.4 Å². The van der Waals surface area contributed by atoms with Gasteiger partial charge in [0.25, 0.3) is 0 Å². The molecule has 1 fully saturated rings. The molecule has 0 aromatic heterocycles. The number of aliphatic hydroxyl groups excluding tert-OH is 1. The summed E-state index contributed by atoms with van der Waals surface area (Å²) in [5.41, 5.74) is 0.767. The van der Waals surface area contributed by atoms with E-state index >= 15 is 0 Å². The maximum Gasteiger partial charge on any atom is 0.124 e. The molecule has 1 aliphatic rings. The van der Waals surface area contributed by atoms with Crippen molar-refractivity contribution in [2.75, 3.05) is 27.3 Å². The van der Waals surface area contributed by atoms with Gasteiger partial charge < -0.3 is 19.9 Å². The van der Waals surface area contributed by atoms with Crippen molar-refractivity contribution in [2.24, 2.45) is 5.92 Å². The van der Waals surface area contributed by atoms with E-state index in [1.807, 2.05) is 18.2 Å². The topological polar surface area (TPSA) is 50.7 Å². The Hall–Kier alpha value is -1.26. The van der Waals surface area contributed by atoms with Crippen LogP contribution in [0, 0.1) is 5.92 Å². The van der Waals surface area contributed by atoms with Crippen LogP contribution in [-0.4, -0.2) is 32.4 Å². The van der Waals surface area contributed by atoms with Gasteiger partial charge >= 0.3 is 0 Å². The highest BCUT2D eigenvalue weighted by molar-refractivity contribution is 5.41. The van der Waals surface area contributed by atoms with Crippen LogP contribution in [0.2, 0.25) is 0 Å². The Morgan fingerprint density at radius 3 is 2.68 bits per heavy atom. The zero-order chi connectivity index (χ0) is 13.7. The van der Waals surface area contributed by atoms with E-state index in [1.165, 1.54) is 19.3 Å². The molecule has 1 aromatic rings. The Morgan fingerprint density at radius 2 is 2.11 bits per heavy atom. The lowest BCUT2D eigenvalue weighted by Crippen LogP contribution is -2.30. The van der Waals surface area contributed by atoms with Gasteiger partial charge in [0.15, 0.2) is 0 Å². The van der Waals surface area contributed by atoms with E-state index in [-0.39, 0.29) is 0 Å². The number of aliphatic hydroxyl groups is 1. The van der Waals surface area contributed by atoms with Crippen molar-refractivity contribution in [1.82, 2.24) is 5.32 Å². The maximum atomic E-state index is 10.3. The van der Waals surface area contributed by atoms with Gasteiger partial charge in [0.2, 0.25) is 0 Å². The first-order chi connectivity index (χ1) is 9.24. The van der Waals surface area contributed by atoms with Crippen LogP contribution in [0.5, 0.6) is 11.5 Å². The summed E-state index contributed by atoms with van der Waals surface area (Å²) in [5.74, 6) is 2.21. The number of ether oxygens (including phenoxy) is 2. The van der Waals surface area contributed by atoms with Crippen molar-refractivity contribution < 1.29 is 14.6 Å². The Morgan fingerprint density at radius 1 is 1.32 bits per heavy atom. The third-order valence-electron chi connectivity index (χ3n) is 3.79. The van der Waals surface area contributed by atoms with Crippen LogP contribution < -0.4 is 14.8 Å². The molecule has 106 valence electrons. The molecule has 4 heteroatoms. The summed E-state index contributed by atoms with van der Waals surface area (Å²) in [5, 5.41) is 13.6. The molecule has 0 bridgehead atoms. The van der Waals surface area contributed by atoms with Crippen molar-refractivity contribution in [3.8, 4) is 11.5 Å². The Bertz CT molecular complexity index is 404. The van der Waals surface area contributed by atoms with E-state index in [9.17, 15) is 5.11 Å². The first-order valence-electron chi connectivity index (χ1n) is 6.85. The Kier molecular flexibility index (Phi) is 5.05. The molecular formula is C15H23NO3. The van der Waals surface area contributed by atoms with Gasteiger partial charge in [-0.25, -0.2) is 0 Å². The summed E-state index contributed by atoms with van der Waals surface area (Å²) in [6.45, 7) is 1.53. The quantitative estimate of drug-likeness (QED) is 0.793. The molecule has 0 spiro atoms. The monoisotopic (exact) mass is 265 g/mol. The minimum Gasteiger partial charge on any atom is -0.497 e. The summed E-state index contributed by atoms with van der Waals surface area (Å²) >= 11 is 0. The first kappa shape index (κ1) is 14.2. The van der Waals surface area contributed by atoms with Crippen LogP contribution in [0.25, 0.3) is 0 Å². The fourth-order valence-corrected chi connectivity index (χ4v) is 2.33. The molecule has 1 atom stereocenters. The van der Waals surface area contributed by atoms with E-state index in [1.54, 1.807) is 14.2 Å². The summed E-state index contributed by atoms with van der Waals surface area (Å²) < 4.78 is 10.5. The molecule has 1 aliphatic carbocycles. The number of benzene rings is 1. The Balaban J connectivity index is 1.93. The molecule has 4 nitrogen and oxygen atoms in total. The van der Waals surface area contributed by atoms with Crippen molar-refractivity contribution in [3.05, 3.63) is 23.8 Å². The molecule has 1 saturated carbocycles. The molecular weight excluding hydrogens is 242 g/mol. The molecule has 1 aromatic carbocycles. The number of nitrogens with one attached hydrogen (secondary N) is 1. The fraction of sp³-hybridized carbons (Fsp3) is 0.600. The zero-order valence-electron chi connectivity index (χ0n) is 11.7. The second-order valence-electron chi connectivity index (χ2n) is 5.08. The lowest BCUT2D eigenvalue weighted by Gasteiger charge is -2.26. The average molecular weight is 265 g/mol. The first-order valence-corrected chi connectivity index (χ1v) is 6.85. The normalized spacial score (nSPS) is 16.8.